The van der Waals surface area contributed by atoms with E-state index in [4.69, 9.17) is 5.11 Å². The predicted molar refractivity (Wildman–Crippen MR) is 59.8 cm³/mol. The lowest BCUT2D eigenvalue weighted by Crippen LogP contribution is -2.14. The molecule has 2 atom stereocenters. The molecule has 0 spiro atoms. The first-order valence-corrected chi connectivity index (χ1v) is 5.13. The number of aromatic nitrogens is 1. The number of allylic oxidation sites excluding steroid dienone is 1. The zero-order valence-electron chi connectivity index (χ0n) is 8.45. The molecule has 2 rings (SSSR count). The summed E-state index contributed by atoms with van der Waals surface area (Å²) in [6, 6.07) is 5.90. The zero-order valence-corrected chi connectivity index (χ0v) is 8.45. The molecule has 0 saturated heterocycles. The molecular weight excluding hydrogens is 188 g/mol. The van der Waals surface area contributed by atoms with Gasteiger partial charge in [-0.25, -0.2) is 0 Å². The minimum Gasteiger partial charge on any atom is -0.396 e. The Bertz CT molecular complexity index is 359. The fourth-order valence-corrected chi connectivity index (χ4v) is 1.80. The van der Waals surface area contributed by atoms with Gasteiger partial charge in [-0.1, -0.05) is 12.1 Å². The molecule has 0 aromatic carbocycles. The molecule has 1 aliphatic heterocycles. The van der Waals surface area contributed by atoms with Crippen LogP contribution in [-0.4, -0.2) is 22.9 Å². The fraction of sp³-hybridized carbons (Fsp3) is 0.333. The molecule has 1 aromatic rings. The molecule has 0 amide bonds. The number of dihydropyridines is 1. The average Bonchev–Trinajstić information content (AvgIpc) is 2.31. The van der Waals surface area contributed by atoms with E-state index >= 15 is 0 Å². The fourth-order valence-electron chi connectivity index (χ4n) is 1.80. The minimum absolute atomic E-state index is 0.0587. The molecule has 15 heavy (non-hydrogen) atoms. The Hall–Kier alpha value is -1.48. The molecule has 3 nitrogen and oxygen atoms in total. The Morgan fingerprint density at radius 2 is 2.27 bits per heavy atom. The second-order valence-electron chi connectivity index (χ2n) is 3.56. The van der Waals surface area contributed by atoms with E-state index in [1.54, 1.807) is 12.4 Å². The van der Waals surface area contributed by atoms with Crippen molar-refractivity contribution in [2.45, 2.75) is 12.5 Å². The van der Waals surface area contributed by atoms with Crippen molar-refractivity contribution in [2.24, 2.45) is 10.9 Å². The summed E-state index contributed by atoms with van der Waals surface area (Å²) in [4.78, 5) is 8.72. The molecule has 0 radical (unpaired) electrons. The Kier molecular flexibility index (Phi) is 3.25. The summed E-state index contributed by atoms with van der Waals surface area (Å²) in [5.41, 5.74) is 0.969. The molecule has 78 valence electrons. The van der Waals surface area contributed by atoms with Crippen LogP contribution in [0.15, 0.2) is 41.5 Å². The van der Waals surface area contributed by atoms with Gasteiger partial charge in [-0.15, -0.1) is 0 Å². The molecule has 1 aromatic heterocycles. The van der Waals surface area contributed by atoms with Crippen LogP contribution in [0.5, 0.6) is 0 Å². The molecule has 0 aliphatic carbocycles. The van der Waals surface area contributed by atoms with Gasteiger partial charge in [0.25, 0.3) is 0 Å². The summed E-state index contributed by atoms with van der Waals surface area (Å²) in [7, 11) is 0. The number of aliphatic hydroxyl groups is 1. The number of aliphatic imine (C=N–C) groups is 1. The standard InChI is InChI=1S/C12H14N2O/c15-9-6-10-4-3-8-14-12(10)11-5-1-2-7-13-11/h1-5,7-8,10,12,15H,6,9H2/t10-,12?/m1/s1. The van der Waals surface area contributed by atoms with Gasteiger partial charge < -0.3 is 5.11 Å². The number of nitrogens with zero attached hydrogens (tertiary/aromatic N) is 2. The highest BCUT2D eigenvalue weighted by molar-refractivity contribution is 5.72. The summed E-state index contributed by atoms with van der Waals surface area (Å²) < 4.78 is 0. The summed E-state index contributed by atoms with van der Waals surface area (Å²) in [6.45, 7) is 0.188. The van der Waals surface area contributed by atoms with Crippen LogP contribution in [0.1, 0.15) is 18.2 Å². The van der Waals surface area contributed by atoms with E-state index in [1.165, 1.54) is 0 Å². The summed E-state index contributed by atoms with van der Waals surface area (Å²) in [6.07, 6.45) is 8.32. The lowest BCUT2D eigenvalue weighted by molar-refractivity contribution is 0.259. The van der Waals surface area contributed by atoms with Crippen molar-refractivity contribution in [1.29, 1.82) is 0 Å². The Labute approximate surface area is 89.2 Å². The maximum Gasteiger partial charge on any atom is 0.0982 e. The van der Waals surface area contributed by atoms with Crippen LogP contribution in [-0.2, 0) is 0 Å². The van der Waals surface area contributed by atoms with Gasteiger partial charge >= 0.3 is 0 Å². The van der Waals surface area contributed by atoms with Crippen LogP contribution < -0.4 is 0 Å². The Balaban J connectivity index is 2.20. The van der Waals surface area contributed by atoms with Crippen LogP contribution in [0.3, 0.4) is 0 Å². The lowest BCUT2D eigenvalue weighted by atomic mass is 9.92. The summed E-state index contributed by atoms with van der Waals surface area (Å²) in [5, 5.41) is 8.98. The summed E-state index contributed by atoms with van der Waals surface area (Å²) >= 11 is 0. The third-order valence-corrected chi connectivity index (χ3v) is 2.55. The quantitative estimate of drug-likeness (QED) is 0.811. The monoisotopic (exact) mass is 202 g/mol. The normalized spacial score (nSPS) is 24.3. The van der Waals surface area contributed by atoms with Crippen LogP contribution in [0, 0.1) is 5.92 Å². The van der Waals surface area contributed by atoms with Crippen LogP contribution in [0.25, 0.3) is 0 Å². The second kappa shape index (κ2) is 4.84. The molecule has 1 unspecified atom stereocenters. The molecule has 1 aliphatic rings. The highest BCUT2D eigenvalue weighted by Gasteiger charge is 2.21. The first-order chi connectivity index (χ1) is 7.42. The van der Waals surface area contributed by atoms with Gasteiger partial charge in [0.15, 0.2) is 0 Å². The average molecular weight is 202 g/mol. The number of rotatable bonds is 3. The number of pyridine rings is 1. The van der Waals surface area contributed by atoms with Crippen LogP contribution >= 0.6 is 0 Å². The smallest absolute Gasteiger partial charge is 0.0982 e. The van der Waals surface area contributed by atoms with Crippen molar-refractivity contribution in [1.82, 2.24) is 4.98 Å². The maximum absolute atomic E-state index is 8.98. The van der Waals surface area contributed by atoms with E-state index in [-0.39, 0.29) is 18.6 Å². The maximum atomic E-state index is 8.98. The molecule has 0 fully saturated rings. The van der Waals surface area contributed by atoms with E-state index in [9.17, 15) is 0 Å². The zero-order chi connectivity index (χ0) is 10.5. The lowest BCUT2D eigenvalue weighted by Gasteiger charge is -2.22. The largest absolute Gasteiger partial charge is 0.396 e. The molecule has 3 heteroatoms. The first-order valence-electron chi connectivity index (χ1n) is 5.13. The van der Waals surface area contributed by atoms with Crippen molar-refractivity contribution in [3.63, 3.8) is 0 Å². The van der Waals surface area contributed by atoms with Gasteiger partial charge in [-0.3, -0.25) is 9.98 Å². The Morgan fingerprint density at radius 1 is 1.33 bits per heavy atom. The van der Waals surface area contributed by atoms with Gasteiger partial charge in [0.05, 0.1) is 11.7 Å². The van der Waals surface area contributed by atoms with Crippen molar-refractivity contribution in [3.8, 4) is 0 Å². The van der Waals surface area contributed by atoms with Gasteiger partial charge in [0.1, 0.15) is 0 Å². The predicted octanol–water partition coefficient (Wildman–Crippen LogP) is 1.76. The molecular formula is C12H14N2O. The van der Waals surface area contributed by atoms with E-state index in [0.29, 0.717) is 0 Å². The number of hydrogen-bond donors (Lipinski definition) is 1. The highest BCUT2D eigenvalue weighted by atomic mass is 16.3. The van der Waals surface area contributed by atoms with Gasteiger partial charge in [-0.2, -0.15) is 0 Å². The van der Waals surface area contributed by atoms with Crippen molar-refractivity contribution < 1.29 is 5.11 Å². The third kappa shape index (κ3) is 2.30. The summed E-state index contributed by atoms with van der Waals surface area (Å²) in [5.74, 6) is 0.259. The second-order valence-corrected chi connectivity index (χ2v) is 3.56. The van der Waals surface area contributed by atoms with Crippen molar-refractivity contribution in [2.75, 3.05) is 6.61 Å². The number of aliphatic hydroxyl groups excluding tert-OH is 1. The molecule has 1 N–H and O–H groups in total. The van der Waals surface area contributed by atoms with E-state index in [0.717, 1.165) is 12.1 Å². The Morgan fingerprint density at radius 3 is 3.00 bits per heavy atom. The van der Waals surface area contributed by atoms with Crippen LogP contribution in [0.2, 0.25) is 0 Å². The van der Waals surface area contributed by atoms with Gasteiger partial charge in [0.2, 0.25) is 0 Å². The number of hydrogen-bond acceptors (Lipinski definition) is 3. The SMILES string of the molecule is OCC[C@H]1C=CC=NC1c1ccccn1. The molecule has 0 saturated carbocycles. The van der Waals surface area contributed by atoms with Crippen molar-refractivity contribution >= 4 is 6.21 Å². The van der Waals surface area contributed by atoms with E-state index < -0.39 is 0 Å². The van der Waals surface area contributed by atoms with E-state index in [1.807, 2.05) is 24.3 Å². The third-order valence-electron chi connectivity index (χ3n) is 2.55. The topological polar surface area (TPSA) is 45.5 Å². The highest BCUT2D eigenvalue weighted by Crippen LogP contribution is 2.29. The van der Waals surface area contributed by atoms with Crippen LogP contribution in [0.4, 0.5) is 0 Å². The molecule has 2 heterocycles. The van der Waals surface area contributed by atoms with Crippen molar-refractivity contribution in [3.05, 3.63) is 42.2 Å². The minimum atomic E-state index is 0.0587. The van der Waals surface area contributed by atoms with Gasteiger partial charge in [-0.05, 0) is 24.6 Å². The first kappa shape index (κ1) is 10.1. The van der Waals surface area contributed by atoms with Gasteiger partial charge in [0, 0.05) is 24.9 Å². The van der Waals surface area contributed by atoms with E-state index in [2.05, 4.69) is 16.1 Å². The molecule has 0 bridgehead atoms.